The molecule has 0 aliphatic heterocycles. The Morgan fingerprint density at radius 2 is 1.89 bits per heavy atom. The van der Waals surface area contributed by atoms with Gasteiger partial charge in [-0.15, -0.1) is 0 Å². The number of carbonyl (C=O) groups is 1. The number of hydrogen-bond acceptors (Lipinski definition) is 4. The van der Waals surface area contributed by atoms with Gasteiger partial charge in [-0.05, 0) is 38.0 Å². The first-order valence-corrected chi connectivity index (χ1v) is 9.33. The molecule has 0 saturated heterocycles. The first-order chi connectivity index (χ1) is 13.6. The number of carbonyl (C=O) groups excluding carboxylic acids is 1. The van der Waals surface area contributed by atoms with Gasteiger partial charge in [0, 0.05) is 22.7 Å². The van der Waals surface area contributed by atoms with E-state index in [-0.39, 0.29) is 0 Å². The third kappa shape index (κ3) is 4.52. The van der Waals surface area contributed by atoms with E-state index >= 15 is 0 Å². The molecule has 0 fully saturated rings. The molecule has 2 aromatic carbocycles. The second-order valence-electron chi connectivity index (χ2n) is 6.45. The minimum absolute atomic E-state index is 0.307. The minimum atomic E-state index is -0.565. The summed E-state index contributed by atoms with van der Waals surface area (Å²) in [6.07, 6.45) is 3.07. The van der Waals surface area contributed by atoms with Crippen molar-refractivity contribution in [3.63, 3.8) is 0 Å². The average Bonchev–Trinajstić information content (AvgIpc) is 3.02. The fourth-order valence-electron chi connectivity index (χ4n) is 3.15. The van der Waals surface area contributed by atoms with Crippen LogP contribution in [0.5, 0.6) is 5.75 Å². The summed E-state index contributed by atoms with van der Waals surface area (Å²) < 4.78 is 13.0. The second kappa shape index (κ2) is 9.08. The molecule has 0 aliphatic rings. The SMILES string of the molecule is CCOC(=O)N/N=C/c1cn(CCOc2c(C)cccc2C)c2ccccc12. The zero-order valence-electron chi connectivity index (χ0n) is 16.4. The molecular weight excluding hydrogens is 354 g/mol. The average molecular weight is 379 g/mol. The van der Waals surface area contributed by atoms with Crippen LogP contribution in [0.2, 0.25) is 0 Å². The van der Waals surface area contributed by atoms with Gasteiger partial charge < -0.3 is 14.0 Å². The zero-order chi connectivity index (χ0) is 19.9. The second-order valence-corrected chi connectivity index (χ2v) is 6.45. The predicted molar refractivity (Wildman–Crippen MR) is 111 cm³/mol. The summed E-state index contributed by atoms with van der Waals surface area (Å²) in [5, 5.41) is 5.04. The van der Waals surface area contributed by atoms with Crippen molar-refractivity contribution in [2.45, 2.75) is 27.3 Å². The summed E-state index contributed by atoms with van der Waals surface area (Å²) in [4.78, 5) is 11.4. The van der Waals surface area contributed by atoms with Crippen molar-refractivity contribution in [1.82, 2.24) is 9.99 Å². The van der Waals surface area contributed by atoms with Gasteiger partial charge in [-0.25, -0.2) is 10.2 Å². The normalized spacial score (nSPS) is 11.1. The Hall–Kier alpha value is -3.28. The Bertz CT molecular complexity index is 972. The van der Waals surface area contributed by atoms with E-state index < -0.39 is 6.09 Å². The molecule has 3 rings (SSSR count). The van der Waals surface area contributed by atoms with E-state index in [2.05, 4.69) is 47.1 Å². The number of rotatable bonds is 7. The van der Waals surface area contributed by atoms with Crippen LogP contribution in [0.1, 0.15) is 23.6 Å². The Kier molecular flexibility index (Phi) is 6.32. The quantitative estimate of drug-likeness (QED) is 0.488. The maximum Gasteiger partial charge on any atom is 0.427 e. The van der Waals surface area contributed by atoms with Crippen LogP contribution in [-0.4, -0.2) is 30.1 Å². The summed E-state index contributed by atoms with van der Waals surface area (Å²) in [6.45, 7) is 7.42. The molecule has 6 nitrogen and oxygen atoms in total. The van der Waals surface area contributed by atoms with E-state index in [1.54, 1.807) is 13.1 Å². The molecular formula is C22H25N3O3. The molecule has 1 amide bonds. The van der Waals surface area contributed by atoms with Crippen LogP contribution < -0.4 is 10.2 Å². The Balaban J connectivity index is 1.73. The van der Waals surface area contributed by atoms with Crippen LogP contribution in [0, 0.1) is 13.8 Å². The van der Waals surface area contributed by atoms with Crippen LogP contribution in [0.4, 0.5) is 4.79 Å². The molecule has 0 radical (unpaired) electrons. The van der Waals surface area contributed by atoms with Gasteiger partial charge in [0.2, 0.25) is 0 Å². The van der Waals surface area contributed by atoms with Gasteiger partial charge in [0.15, 0.2) is 0 Å². The number of ether oxygens (including phenoxy) is 2. The Labute approximate surface area is 164 Å². The number of benzene rings is 2. The number of para-hydroxylation sites is 2. The van der Waals surface area contributed by atoms with Crippen molar-refractivity contribution in [2.24, 2.45) is 5.10 Å². The number of nitrogens with zero attached hydrogens (tertiary/aromatic N) is 2. The van der Waals surface area contributed by atoms with Crippen molar-refractivity contribution in [1.29, 1.82) is 0 Å². The number of fused-ring (bicyclic) bond motifs is 1. The molecule has 0 saturated carbocycles. The fourth-order valence-corrected chi connectivity index (χ4v) is 3.15. The van der Waals surface area contributed by atoms with Crippen LogP contribution in [0.3, 0.4) is 0 Å². The molecule has 1 aromatic heterocycles. The summed E-state index contributed by atoms with van der Waals surface area (Å²) in [7, 11) is 0. The van der Waals surface area contributed by atoms with Crippen molar-refractivity contribution in [3.8, 4) is 5.75 Å². The lowest BCUT2D eigenvalue weighted by Crippen LogP contribution is -2.18. The van der Waals surface area contributed by atoms with Crippen LogP contribution >= 0.6 is 0 Å². The molecule has 28 heavy (non-hydrogen) atoms. The molecule has 3 aromatic rings. The lowest BCUT2D eigenvalue weighted by Gasteiger charge is -2.12. The fraction of sp³-hybridized carbons (Fsp3) is 0.273. The molecule has 0 unspecified atom stereocenters. The Morgan fingerprint density at radius 3 is 2.64 bits per heavy atom. The van der Waals surface area contributed by atoms with Gasteiger partial charge in [0.05, 0.1) is 19.4 Å². The lowest BCUT2D eigenvalue weighted by molar-refractivity contribution is 0.152. The van der Waals surface area contributed by atoms with Crippen molar-refractivity contribution < 1.29 is 14.3 Å². The van der Waals surface area contributed by atoms with Crippen LogP contribution in [0.25, 0.3) is 10.9 Å². The molecule has 146 valence electrons. The van der Waals surface area contributed by atoms with Gasteiger partial charge in [-0.3, -0.25) is 0 Å². The van der Waals surface area contributed by atoms with Crippen molar-refractivity contribution >= 4 is 23.2 Å². The summed E-state index contributed by atoms with van der Waals surface area (Å²) in [6, 6.07) is 14.2. The summed E-state index contributed by atoms with van der Waals surface area (Å²) in [5.41, 5.74) is 6.63. The highest BCUT2D eigenvalue weighted by Gasteiger charge is 2.08. The summed E-state index contributed by atoms with van der Waals surface area (Å²) in [5.74, 6) is 0.944. The van der Waals surface area contributed by atoms with Crippen LogP contribution in [-0.2, 0) is 11.3 Å². The molecule has 0 spiro atoms. The summed E-state index contributed by atoms with van der Waals surface area (Å²) >= 11 is 0. The van der Waals surface area contributed by atoms with Crippen LogP contribution in [0.15, 0.2) is 53.8 Å². The topological polar surface area (TPSA) is 64.8 Å². The lowest BCUT2D eigenvalue weighted by atomic mass is 10.1. The van der Waals surface area contributed by atoms with Gasteiger partial charge in [-0.1, -0.05) is 36.4 Å². The van der Waals surface area contributed by atoms with E-state index in [0.29, 0.717) is 19.8 Å². The minimum Gasteiger partial charge on any atom is -0.491 e. The van der Waals surface area contributed by atoms with E-state index in [1.165, 1.54) is 0 Å². The van der Waals surface area contributed by atoms with Gasteiger partial charge in [0.25, 0.3) is 0 Å². The highest BCUT2D eigenvalue weighted by molar-refractivity contribution is 5.99. The van der Waals surface area contributed by atoms with E-state index in [1.807, 2.05) is 30.5 Å². The zero-order valence-corrected chi connectivity index (χ0v) is 16.4. The number of aromatic nitrogens is 1. The van der Waals surface area contributed by atoms with E-state index in [9.17, 15) is 4.79 Å². The third-order valence-electron chi connectivity index (χ3n) is 4.44. The molecule has 0 bridgehead atoms. The predicted octanol–water partition coefficient (Wildman–Crippen LogP) is 4.42. The monoisotopic (exact) mass is 379 g/mol. The number of aryl methyl sites for hydroxylation is 2. The number of hydrogen-bond donors (Lipinski definition) is 1. The van der Waals surface area contributed by atoms with Gasteiger partial charge in [0.1, 0.15) is 12.4 Å². The first-order valence-electron chi connectivity index (χ1n) is 9.33. The maximum absolute atomic E-state index is 11.4. The maximum atomic E-state index is 11.4. The van der Waals surface area contributed by atoms with E-state index in [4.69, 9.17) is 9.47 Å². The standard InChI is InChI=1S/C22H25N3O3/c1-4-27-22(26)24-23-14-18-15-25(20-11-6-5-10-19(18)20)12-13-28-21-16(2)8-7-9-17(21)3/h5-11,14-15H,4,12-13H2,1-3H3,(H,24,26)/b23-14+. The third-order valence-corrected chi connectivity index (χ3v) is 4.44. The molecule has 1 N–H and O–H groups in total. The van der Waals surface area contributed by atoms with Crippen molar-refractivity contribution in [3.05, 3.63) is 65.4 Å². The largest absolute Gasteiger partial charge is 0.491 e. The molecule has 6 heteroatoms. The van der Waals surface area contributed by atoms with Gasteiger partial charge >= 0.3 is 6.09 Å². The van der Waals surface area contributed by atoms with Crippen molar-refractivity contribution in [2.75, 3.05) is 13.2 Å². The molecule has 0 aliphatic carbocycles. The smallest absolute Gasteiger partial charge is 0.427 e. The number of nitrogens with one attached hydrogen (secondary N) is 1. The highest BCUT2D eigenvalue weighted by atomic mass is 16.5. The van der Waals surface area contributed by atoms with E-state index in [0.717, 1.165) is 33.3 Å². The molecule has 1 heterocycles. The van der Waals surface area contributed by atoms with Gasteiger partial charge in [-0.2, -0.15) is 5.10 Å². The highest BCUT2D eigenvalue weighted by Crippen LogP contribution is 2.23. The Morgan fingerprint density at radius 1 is 1.14 bits per heavy atom. The number of hydrazone groups is 1. The first kappa shape index (κ1) is 19.5. The number of amides is 1. The molecule has 0 atom stereocenters.